The number of ether oxygens (including phenoxy) is 1. The van der Waals surface area contributed by atoms with E-state index in [-0.39, 0.29) is 0 Å². The Morgan fingerprint density at radius 2 is 2.04 bits per heavy atom. The number of nitrogens with two attached hydrogens (primary N) is 1. The number of H-pyrrole nitrogens is 1. The lowest BCUT2D eigenvalue weighted by atomic mass is 10.0. The van der Waals surface area contributed by atoms with E-state index in [1.165, 1.54) is 0 Å². The van der Waals surface area contributed by atoms with Crippen LogP contribution in [0.5, 0.6) is 5.75 Å². The molecular weight excluding hydrogens is 316 g/mol. The van der Waals surface area contributed by atoms with Crippen LogP contribution >= 0.6 is 0 Å². The van der Waals surface area contributed by atoms with Crippen LogP contribution in [-0.2, 0) is 19.3 Å². The van der Waals surface area contributed by atoms with Crippen LogP contribution in [0, 0.1) is 0 Å². The van der Waals surface area contributed by atoms with Gasteiger partial charge in [-0.3, -0.25) is 14.9 Å². The fourth-order valence-electron chi connectivity index (χ4n) is 2.82. The van der Waals surface area contributed by atoms with Gasteiger partial charge in [0.05, 0.1) is 24.1 Å². The highest BCUT2D eigenvalue weighted by molar-refractivity contribution is 5.95. The lowest BCUT2D eigenvalue weighted by Gasteiger charge is -2.05. The molecule has 6 heteroatoms. The number of carbonyl (C=O) groups excluding carboxylic acids is 1. The van der Waals surface area contributed by atoms with Gasteiger partial charge in [-0.1, -0.05) is 18.2 Å². The second-order valence-corrected chi connectivity index (χ2v) is 5.78. The molecule has 1 aromatic carbocycles. The molecule has 0 fully saturated rings. The zero-order valence-electron chi connectivity index (χ0n) is 14.0. The molecule has 0 spiro atoms. The number of hydrogen-bond acceptors (Lipinski definition) is 4. The first kappa shape index (κ1) is 16.7. The van der Waals surface area contributed by atoms with Crippen LogP contribution in [0.4, 0.5) is 0 Å². The van der Waals surface area contributed by atoms with Crippen LogP contribution in [0.1, 0.15) is 32.9 Å². The van der Waals surface area contributed by atoms with Crippen molar-refractivity contribution in [2.45, 2.75) is 19.3 Å². The van der Waals surface area contributed by atoms with Gasteiger partial charge in [0.2, 0.25) is 0 Å². The predicted molar refractivity (Wildman–Crippen MR) is 94.6 cm³/mol. The highest BCUT2D eigenvalue weighted by Gasteiger charge is 2.18. The molecule has 0 radical (unpaired) electrons. The summed E-state index contributed by atoms with van der Waals surface area (Å²) in [7, 11) is 1.64. The van der Waals surface area contributed by atoms with Gasteiger partial charge in [0.15, 0.2) is 0 Å². The molecule has 3 aromatic rings. The number of nitrogens with one attached hydrogen (secondary N) is 1. The molecule has 0 bridgehead atoms. The van der Waals surface area contributed by atoms with Gasteiger partial charge in [0.25, 0.3) is 5.91 Å². The number of rotatable bonds is 7. The van der Waals surface area contributed by atoms with Gasteiger partial charge < -0.3 is 10.5 Å². The number of aromatic nitrogens is 3. The van der Waals surface area contributed by atoms with E-state index in [1.807, 2.05) is 36.4 Å². The van der Waals surface area contributed by atoms with Gasteiger partial charge in [-0.15, -0.1) is 0 Å². The Hall–Kier alpha value is -3.15. The average Bonchev–Trinajstić information content (AvgIpc) is 3.04. The quantitative estimate of drug-likeness (QED) is 0.692. The fourth-order valence-corrected chi connectivity index (χ4v) is 2.82. The third kappa shape index (κ3) is 4.03. The number of hydrogen-bond donors (Lipinski definition) is 2. The normalized spacial score (nSPS) is 10.6. The van der Waals surface area contributed by atoms with E-state index in [2.05, 4.69) is 15.2 Å². The minimum Gasteiger partial charge on any atom is -0.497 e. The van der Waals surface area contributed by atoms with E-state index in [4.69, 9.17) is 10.5 Å². The van der Waals surface area contributed by atoms with Crippen LogP contribution in [-0.4, -0.2) is 28.2 Å². The molecule has 0 saturated heterocycles. The van der Waals surface area contributed by atoms with Gasteiger partial charge >= 0.3 is 0 Å². The first-order valence-electron chi connectivity index (χ1n) is 8.05. The summed E-state index contributed by atoms with van der Waals surface area (Å²) in [5, 5.41) is 7.27. The fraction of sp³-hybridized carbons (Fsp3) is 0.211. The van der Waals surface area contributed by atoms with Crippen LogP contribution in [0.15, 0.2) is 48.8 Å². The first-order valence-corrected chi connectivity index (χ1v) is 8.05. The Morgan fingerprint density at radius 3 is 2.76 bits per heavy atom. The molecule has 25 heavy (non-hydrogen) atoms. The van der Waals surface area contributed by atoms with Gasteiger partial charge in [0.1, 0.15) is 5.75 Å². The lowest BCUT2D eigenvalue weighted by molar-refractivity contribution is 0.0998. The van der Waals surface area contributed by atoms with Crippen molar-refractivity contribution in [3.8, 4) is 5.75 Å². The highest BCUT2D eigenvalue weighted by Crippen LogP contribution is 2.18. The van der Waals surface area contributed by atoms with Crippen molar-refractivity contribution >= 4 is 5.91 Å². The van der Waals surface area contributed by atoms with Crippen LogP contribution in [0.25, 0.3) is 0 Å². The molecule has 0 aliphatic carbocycles. The largest absolute Gasteiger partial charge is 0.497 e. The standard InChI is InChI=1S/C19H20N4O2/c1-25-15-6-2-4-13(10-15)7-8-16-18(19(20)24)17(23-22-16)11-14-5-3-9-21-12-14/h2-6,9-10,12H,7-8,11H2,1H3,(H2,20,24)(H,22,23). The van der Waals surface area contributed by atoms with E-state index < -0.39 is 5.91 Å². The summed E-state index contributed by atoms with van der Waals surface area (Å²) >= 11 is 0. The number of aromatic amines is 1. The number of methoxy groups -OCH3 is 1. The van der Waals surface area contributed by atoms with E-state index in [0.717, 1.165) is 29.0 Å². The first-order chi connectivity index (χ1) is 12.2. The molecule has 0 unspecified atom stereocenters. The van der Waals surface area contributed by atoms with Crippen molar-refractivity contribution in [1.82, 2.24) is 15.2 Å². The minimum atomic E-state index is -0.465. The number of nitrogens with zero attached hydrogens (tertiary/aromatic N) is 2. The Morgan fingerprint density at radius 1 is 1.20 bits per heavy atom. The maximum absolute atomic E-state index is 11.9. The van der Waals surface area contributed by atoms with Crippen molar-refractivity contribution < 1.29 is 9.53 Å². The number of carbonyl (C=O) groups is 1. The second kappa shape index (κ2) is 7.61. The third-order valence-corrected chi connectivity index (χ3v) is 4.05. The molecule has 128 valence electrons. The third-order valence-electron chi connectivity index (χ3n) is 4.05. The Kier molecular flexibility index (Phi) is 5.09. The zero-order chi connectivity index (χ0) is 17.6. The number of amides is 1. The summed E-state index contributed by atoms with van der Waals surface area (Å²) in [6.07, 6.45) is 5.38. The van der Waals surface area contributed by atoms with Gasteiger partial charge in [-0.2, -0.15) is 5.10 Å². The number of benzene rings is 1. The van der Waals surface area contributed by atoms with E-state index in [9.17, 15) is 4.79 Å². The van der Waals surface area contributed by atoms with Gasteiger partial charge in [0, 0.05) is 18.8 Å². The average molecular weight is 336 g/mol. The Balaban J connectivity index is 1.78. The maximum Gasteiger partial charge on any atom is 0.252 e. The monoisotopic (exact) mass is 336 g/mol. The molecule has 1 amide bonds. The van der Waals surface area contributed by atoms with Crippen molar-refractivity contribution in [1.29, 1.82) is 0 Å². The van der Waals surface area contributed by atoms with E-state index in [0.29, 0.717) is 24.1 Å². The van der Waals surface area contributed by atoms with Crippen molar-refractivity contribution in [3.05, 3.63) is 76.9 Å². The van der Waals surface area contributed by atoms with Gasteiger partial charge in [-0.05, 0) is 42.2 Å². The van der Waals surface area contributed by atoms with Crippen LogP contribution in [0.2, 0.25) is 0 Å². The molecule has 3 rings (SSSR count). The molecule has 0 aliphatic heterocycles. The summed E-state index contributed by atoms with van der Waals surface area (Å²) in [6.45, 7) is 0. The Bertz CT molecular complexity index is 859. The van der Waals surface area contributed by atoms with E-state index >= 15 is 0 Å². The topological polar surface area (TPSA) is 93.9 Å². The molecule has 2 aromatic heterocycles. The Labute approximate surface area is 146 Å². The zero-order valence-corrected chi connectivity index (χ0v) is 14.0. The number of aryl methyl sites for hydroxylation is 2. The summed E-state index contributed by atoms with van der Waals surface area (Å²) in [5.41, 5.74) is 9.60. The molecule has 2 heterocycles. The molecule has 0 saturated carbocycles. The molecule has 3 N–H and O–H groups in total. The summed E-state index contributed by atoms with van der Waals surface area (Å²) in [5.74, 6) is 0.347. The lowest BCUT2D eigenvalue weighted by Crippen LogP contribution is -2.15. The smallest absolute Gasteiger partial charge is 0.252 e. The molecule has 0 aliphatic rings. The highest BCUT2D eigenvalue weighted by atomic mass is 16.5. The van der Waals surface area contributed by atoms with Crippen molar-refractivity contribution in [2.75, 3.05) is 7.11 Å². The van der Waals surface area contributed by atoms with Crippen molar-refractivity contribution in [3.63, 3.8) is 0 Å². The molecule has 0 atom stereocenters. The summed E-state index contributed by atoms with van der Waals surface area (Å²) in [4.78, 5) is 16.0. The van der Waals surface area contributed by atoms with E-state index in [1.54, 1.807) is 19.5 Å². The summed E-state index contributed by atoms with van der Waals surface area (Å²) < 4.78 is 5.24. The van der Waals surface area contributed by atoms with Crippen molar-refractivity contribution in [2.24, 2.45) is 5.73 Å². The van der Waals surface area contributed by atoms with Crippen LogP contribution < -0.4 is 10.5 Å². The second-order valence-electron chi connectivity index (χ2n) is 5.78. The number of pyridine rings is 1. The maximum atomic E-state index is 11.9. The molecular formula is C19H20N4O2. The number of primary amides is 1. The predicted octanol–water partition coefficient (Wildman–Crippen LogP) is 2.29. The summed E-state index contributed by atoms with van der Waals surface area (Å²) in [6, 6.07) is 11.7. The minimum absolute atomic E-state index is 0.465. The molecule has 6 nitrogen and oxygen atoms in total. The SMILES string of the molecule is COc1cccc(CCc2n[nH]c(Cc3cccnc3)c2C(N)=O)c1. The van der Waals surface area contributed by atoms with Gasteiger partial charge in [-0.25, -0.2) is 0 Å². The van der Waals surface area contributed by atoms with Crippen LogP contribution in [0.3, 0.4) is 0 Å².